The van der Waals surface area contributed by atoms with Crippen molar-refractivity contribution in [2.24, 2.45) is 0 Å². The molecule has 3 atom stereocenters. The van der Waals surface area contributed by atoms with Crippen LogP contribution in [0, 0.1) is 0 Å². The first-order valence-corrected chi connectivity index (χ1v) is 10.6. The monoisotopic (exact) mass is 419 g/mol. The molecule has 0 spiro atoms. The van der Waals surface area contributed by atoms with Crippen LogP contribution in [0.15, 0.2) is 83.1 Å². The summed E-state index contributed by atoms with van der Waals surface area (Å²) >= 11 is 1.54. The molecule has 30 heavy (non-hydrogen) atoms. The van der Waals surface area contributed by atoms with Crippen LogP contribution in [0.4, 0.5) is 0 Å². The third-order valence-corrected chi connectivity index (χ3v) is 6.50. The lowest BCUT2D eigenvalue weighted by Gasteiger charge is -2.27. The summed E-state index contributed by atoms with van der Waals surface area (Å²) in [6.45, 7) is 1.73. The smallest absolute Gasteiger partial charge is 0.195 e. The molecule has 7 heteroatoms. The van der Waals surface area contributed by atoms with Crippen molar-refractivity contribution in [2.75, 3.05) is 6.61 Å². The van der Waals surface area contributed by atoms with E-state index in [9.17, 15) is 10.2 Å². The molecule has 5 rings (SSSR count). The zero-order valence-electron chi connectivity index (χ0n) is 16.3. The highest BCUT2D eigenvalue weighted by molar-refractivity contribution is 7.99. The Bertz CT molecular complexity index is 1180. The quantitative estimate of drug-likeness (QED) is 0.491. The molecule has 3 heterocycles. The van der Waals surface area contributed by atoms with Gasteiger partial charge in [0, 0.05) is 16.7 Å². The maximum Gasteiger partial charge on any atom is 0.195 e. The van der Waals surface area contributed by atoms with E-state index >= 15 is 0 Å². The number of nitrogens with zero attached hydrogens (tertiary/aromatic N) is 3. The maximum absolute atomic E-state index is 11.4. The zero-order valence-corrected chi connectivity index (χ0v) is 17.2. The third-order valence-electron chi connectivity index (χ3n) is 5.48. The van der Waals surface area contributed by atoms with Crippen LogP contribution in [0.5, 0.6) is 0 Å². The van der Waals surface area contributed by atoms with E-state index in [4.69, 9.17) is 4.74 Å². The highest BCUT2D eigenvalue weighted by atomic mass is 32.2. The second-order valence-electron chi connectivity index (χ2n) is 7.41. The summed E-state index contributed by atoms with van der Waals surface area (Å²) in [6.07, 6.45) is 1.78. The van der Waals surface area contributed by atoms with Gasteiger partial charge >= 0.3 is 0 Å². The first-order valence-electron chi connectivity index (χ1n) is 9.75. The molecule has 0 radical (unpaired) electrons. The highest BCUT2D eigenvalue weighted by Crippen LogP contribution is 2.41. The molecule has 1 aliphatic rings. The Labute approximate surface area is 178 Å². The molecule has 0 aliphatic carbocycles. The average Bonchev–Trinajstić information content (AvgIpc) is 3.30. The van der Waals surface area contributed by atoms with E-state index in [1.54, 1.807) is 23.3 Å². The Hall–Kier alpha value is -2.71. The van der Waals surface area contributed by atoms with Crippen molar-refractivity contribution in [3.63, 3.8) is 0 Å². The molecule has 2 N–H and O–H groups in total. The molecule has 0 unspecified atom stereocenters. The average molecular weight is 420 g/mol. The van der Waals surface area contributed by atoms with Gasteiger partial charge in [-0.25, -0.2) is 9.97 Å². The van der Waals surface area contributed by atoms with Gasteiger partial charge in [0.15, 0.2) is 5.72 Å². The van der Waals surface area contributed by atoms with E-state index < -0.39 is 17.9 Å². The Morgan fingerprint density at radius 3 is 2.43 bits per heavy atom. The molecule has 6 nitrogen and oxygen atoms in total. The molecule has 1 fully saturated rings. The van der Waals surface area contributed by atoms with Crippen molar-refractivity contribution < 1.29 is 14.9 Å². The van der Waals surface area contributed by atoms with Gasteiger partial charge in [0.25, 0.3) is 0 Å². The number of hydrogen-bond donors (Lipinski definition) is 2. The van der Waals surface area contributed by atoms with Gasteiger partial charge in [-0.05, 0) is 24.6 Å². The number of aliphatic hydroxyl groups is 2. The van der Waals surface area contributed by atoms with Crippen molar-refractivity contribution in [3.8, 4) is 11.1 Å². The SMILES string of the molecule is C[C@H]1OC[C@](O)(n2cc(-c3ccccc3)c3c(Sc4ccccc4)ncnc32)[C@@H]1O. The van der Waals surface area contributed by atoms with Crippen LogP contribution in [0.3, 0.4) is 0 Å². The van der Waals surface area contributed by atoms with Crippen molar-refractivity contribution in [1.29, 1.82) is 0 Å². The summed E-state index contributed by atoms with van der Waals surface area (Å²) in [5.74, 6) is 0. The largest absolute Gasteiger partial charge is 0.385 e. The Kier molecular flexibility index (Phi) is 4.83. The van der Waals surface area contributed by atoms with E-state index in [1.165, 1.54) is 6.33 Å². The van der Waals surface area contributed by atoms with Crippen LogP contribution in [0.1, 0.15) is 6.92 Å². The van der Waals surface area contributed by atoms with Crippen LogP contribution >= 0.6 is 11.8 Å². The minimum Gasteiger partial charge on any atom is -0.385 e. The van der Waals surface area contributed by atoms with Crippen LogP contribution in [0.25, 0.3) is 22.2 Å². The molecular formula is C23H21N3O3S. The van der Waals surface area contributed by atoms with Gasteiger partial charge in [0.05, 0.1) is 18.1 Å². The molecule has 1 aliphatic heterocycles. The van der Waals surface area contributed by atoms with Gasteiger partial charge in [-0.3, -0.25) is 4.57 Å². The second-order valence-corrected chi connectivity index (χ2v) is 8.47. The zero-order chi connectivity index (χ0) is 20.7. The number of ether oxygens (including phenoxy) is 1. The lowest BCUT2D eigenvalue weighted by Crippen LogP contribution is -2.45. The minimum absolute atomic E-state index is 0.0154. The number of benzene rings is 2. The predicted molar refractivity (Wildman–Crippen MR) is 115 cm³/mol. The molecular weight excluding hydrogens is 398 g/mol. The van der Waals surface area contributed by atoms with Gasteiger partial charge in [0.2, 0.25) is 0 Å². The molecule has 2 aromatic carbocycles. The van der Waals surface area contributed by atoms with Crippen LogP contribution in [-0.4, -0.2) is 43.6 Å². The fourth-order valence-electron chi connectivity index (χ4n) is 3.86. The number of aliphatic hydroxyl groups excluding tert-OH is 1. The van der Waals surface area contributed by atoms with E-state index in [2.05, 4.69) is 9.97 Å². The molecule has 4 aromatic rings. The Morgan fingerprint density at radius 2 is 1.77 bits per heavy atom. The van der Waals surface area contributed by atoms with Crippen LogP contribution in [-0.2, 0) is 10.5 Å². The van der Waals surface area contributed by atoms with Crippen molar-refractivity contribution in [1.82, 2.24) is 14.5 Å². The summed E-state index contributed by atoms with van der Waals surface area (Å²) < 4.78 is 7.19. The van der Waals surface area contributed by atoms with E-state index in [0.29, 0.717) is 5.65 Å². The van der Waals surface area contributed by atoms with Crippen molar-refractivity contribution >= 4 is 22.8 Å². The summed E-state index contributed by atoms with van der Waals surface area (Å²) in [5, 5.41) is 23.6. The summed E-state index contributed by atoms with van der Waals surface area (Å²) in [5.41, 5.74) is 0.829. The summed E-state index contributed by atoms with van der Waals surface area (Å²) in [7, 11) is 0. The van der Waals surface area contributed by atoms with E-state index in [1.807, 2.05) is 66.9 Å². The van der Waals surface area contributed by atoms with Gasteiger partial charge in [-0.1, -0.05) is 60.3 Å². The molecule has 152 valence electrons. The number of aromatic nitrogens is 3. The fourth-order valence-corrected chi connectivity index (χ4v) is 4.78. The number of fused-ring (bicyclic) bond motifs is 1. The van der Waals surface area contributed by atoms with Gasteiger partial charge in [0.1, 0.15) is 23.1 Å². The highest BCUT2D eigenvalue weighted by Gasteiger charge is 2.48. The maximum atomic E-state index is 11.4. The summed E-state index contributed by atoms with van der Waals surface area (Å²) in [4.78, 5) is 10.1. The molecule has 0 saturated carbocycles. The van der Waals surface area contributed by atoms with Crippen LogP contribution < -0.4 is 0 Å². The summed E-state index contributed by atoms with van der Waals surface area (Å²) in [6, 6.07) is 19.9. The van der Waals surface area contributed by atoms with Crippen molar-refractivity contribution in [2.45, 2.75) is 34.8 Å². The van der Waals surface area contributed by atoms with Gasteiger partial charge in [-0.15, -0.1) is 0 Å². The lowest BCUT2D eigenvalue weighted by molar-refractivity contribution is -0.106. The number of hydrogen-bond acceptors (Lipinski definition) is 6. The predicted octanol–water partition coefficient (Wildman–Crippen LogP) is 3.67. The molecule has 2 aromatic heterocycles. The topological polar surface area (TPSA) is 80.4 Å². The third kappa shape index (κ3) is 3.11. The first-order chi connectivity index (χ1) is 14.6. The van der Waals surface area contributed by atoms with Crippen LogP contribution in [0.2, 0.25) is 0 Å². The normalized spacial score (nSPS) is 23.8. The standard InChI is InChI=1S/C23H21N3O3S/c1-15-20(27)23(28,13-29-15)26-12-18(16-8-4-2-5-9-16)19-21(26)24-14-25-22(19)30-17-10-6-3-7-11-17/h2-12,14-15,20,27-28H,13H2,1H3/t15-,20-,23-/m1/s1. The van der Waals surface area contributed by atoms with Gasteiger partial charge in [-0.2, -0.15) is 0 Å². The van der Waals surface area contributed by atoms with Crippen molar-refractivity contribution in [3.05, 3.63) is 73.2 Å². The van der Waals surface area contributed by atoms with E-state index in [0.717, 1.165) is 26.4 Å². The Morgan fingerprint density at radius 1 is 1.07 bits per heavy atom. The Balaban J connectivity index is 1.75. The van der Waals surface area contributed by atoms with Gasteiger partial charge < -0.3 is 14.9 Å². The first kappa shape index (κ1) is 19.3. The lowest BCUT2D eigenvalue weighted by atomic mass is 10.1. The molecule has 0 amide bonds. The second kappa shape index (κ2) is 7.52. The molecule has 1 saturated heterocycles. The fraction of sp³-hybridized carbons (Fsp3) is 0.217. The van der Waals surface area contributed by atoms with E-state index in [-0.39, 0.29) is 6.61 Å². The number of rotatable bonds is 4. The minimum atomic E-state index is -1.60. The molecule has 0 bridgehead atoms.